The van der Waals surface area contributed by atoms with Gasteiger partial charge in [0.2, 0.25) is 11.7 Å². The van der Waals surface area contributed by atoms with E-state index in [0.29, 0.717) is 24.8 Å². The van der Waals surface area contributed by atoms with E-state index in [4.69, 9.17) is 10.3 Å². The standard InChI is InChI=1S/C21H23N5O2.ClH/c22-13-15-8-10-16(11-9-15)19-24-20(28-25-19)17-5-4-12-26(14-17)21(27)23-18-6-2-1-3-7-18;/h1-3,6-11,17H,4-5,12-14,22H2,(H,23,27);1H. The predicted molar refractivity (Wildman–Crippen MR) is 114 cm³/mol. The topological polar surface area (TPSA) is 97.3 Å². The molecule has 1 saturated heterocycles. The van der Waals surface area contributed by atoms with Gasteiger partial charge >= 0.3 is 6.03 Å². The molecule has 0 saturated carbocycles. The summed E-state index contributed by atoms with van der Waals surface area (Å²) in [6, 6.07) is 17.2. The average molecular weight is 414 g/mol. The number of rotatable bonds is 4. The van der Waals surface area contributed by atoms with Crippen molar-refractivity contribution in [2.24, 2.45) is 5.73 Å². The molecule has 1 aliphatic rings. The molecule has 7 nitrogen and oxygen atoms in total. The normalized spacial score (nSPS) is 16.2. The summed E-state index contributed by atoms with van der Waals surface area (Å²) in [4.78, 5) is 18.9. The fourth-order valence-corrected chi connectivity index (χ4v) is 3.40. The Labute approximate surface area is 175 Å². The lowest BCUT2D eigenvalue weighted by Crippen LogP contribution is -2.41. The maximum Gasteiger partial charge on any atom is 0.321 e. The summed E-state index contributed by atoms with van der Waals surface area (Å²) in [6.45, 7) is 1.78. The van der Waals surface area contributed by atoms with Crippen LogP contribution in [0, 0.1) is 0 Å². The molecule has 1 aliphatic heterocycles. The molecule has 0 aliphatic carbocycles. The molecule has 0 bridgehead atoms. The summed E-state index contributed by atoms with van der Waals surface area (Å²) in [7, 11) is 0. The number of piperidine rings is 1. The number of amides is 2. The predicted octanol–water partition coefficient (Wildman–Crippen LogP) is 4.03. The third-order valence-electron chi connectivity index (χ3n) is 4.97. The van der Waals surface area contributed by atoms with Gasteiger partial charge in [-0.2, -0.15) is 4.98 Å². The van der Waals surface area contributed by atoms with Crippen LogP contribution >= 0.6 is 12.4 Å². The number of nitrogens with one attached hydrogen (secondary N) is 1. The number of benzene rings is 2. The van der Waals surface area contributed by atoms with Gasteiger partial charge in [0.15, 0.2) is 0 Å². The van der Waals surface area contributed by atoms with Crippen LogP contribution < -0.4 is 11.1 Å². The van der Waals surface area contributed by atoms with Gasteiger partial charge in [-0.3, -0.25) is 0 Å². The van der Waals surface area contributed by atoms with Crippen molar-refractivity contribution >= 4 is 24.1 Å². The van der Waals surface area contributed by atoms with E-state index in [1.807, 2.05) is 54.6 Å². The van der Waals surface area contributed by atoms with Crippen molar-refractivity contribution < 1.29 is 9.32 Å². The maximum absolute atomic E-state index is 12.6. The van der Waals surface area contributed by atoms with E-state index in [2.05, 4.69) is 15.5 Å². The Morgan fingerprint density at radius 1 is 1.17 bits per heavy atom. The first-order valence-corrected chi connectivity index (χ1v) is 9.47. The molecule has 2 amide bonds. The smallest absolute Gasteiger partial charge is 0.321 e. The first kappa shape index (κ1) is 20.8. The lowest BCUT2D eigenvalue weighted by atomic mass is 9.98. The Morgan fingerprint density at radius 3 is 2.66 bits per heavy atom. The van der Waals surface area contributed by atoms with Gasteiger partial charge in [-0.05, 0) is 30.5 Å². The van der Waals surface area contributed by atoms with Gasteiger partial charge in [-0.25, -0.2) is 4.79 Å². The van der Waals surface area contributed by atoms with Crippen LogP contribution in [0.5, 0.6) is 0 Å². The molecule has 3 N–H and O–H groups in total. The first-order chi connectivity index (χ1) is 13.7. The average Bonchev–Trinajstić information content (AvgIpc) is 3.25. The quantitative estimate of drug-likeness (QED) is 0.673. The number of anilines is 1. The van der Waals surface area contributed by atoms with Crippen LogP contribution in [0.2, 0.25) is 0 Å². The number of hydrogen-bond acceptors (Lipinski definition) is 5. The SMILES string of the molecule is Cl.NCc1ccc(-c2noc(C3CCCN(C(=O)Nc4ccccc4)C3)n2)cc1. The molecule has 4 rings (SSSR count). The van der Waals surface area contributed by atoms with Gasteiger partial charge < -0.3 is 20.5 Å². The number of aromatic nitrogens is 2. The zero-order chi connectivity index (χ0) is 19.3. The third kappa shape index (κ3) is 4.93. The first-order valence-electron chi connectivity index (χ1n) is 9.47. The summed E-state index contributed by atoms with van der Waals surface area (Å²) in [6.07, 6.45) is 1.82. The zero-order valence-corrected chi connectivity index (χ0v) is 16.8. The highest BCUT2D eigenvalue weighted by molar-refractivity contribution is 5.89. The number of halogens is 1. The van der Waals surface area contributed by atoms with Gasteiger partial charge in [-0.15, -0.1) is 12.4 Å². The minimum atomic E-state index is -0.104. The fraction of sp³-hybridized carbons (Fsp3) is 0.286. The highest BCUT2D eigenvalue weighted by atomic mass is 35.5. The van der Waals surface area contributed by atoms with Crippen LogP contribution in [0.15, 0.2) is 59.1 Å². The third-order valence-corrected chi connectivity index (χ3v) is 4.97. The molecule has 152 valence electrons. The van der Waals surface area contributed by atoms with E-state index in [0.717, 1.165) is 36.2 Å². The van der Waals surface area contributed by atoms with Crippen molar-refractivity contribution in [2.75, 3.05) is 18.4 Å². The lowest BCUT2D eigenvalue weighted by molar-refractivity contribution is 0.184. The van der Waals surface area contributed by atoms with Gasteiger partial charge in [0.1, 0.15) is 0 Å². The molecule has 2 heterocycles. The number of likely N-dealkylation sites (tertiary alicyclic amines) is 1. The van der Waals surface area contributed by atoms with E-state index in [1.165, 1.54) is 0 Å². The maximum atomic E-state index is 12.6. The molecule has 0 radical (unpaired) electrons. The summed E-state index contributed by atoms with van der Waals surface area (Å²) in [5.74, 6) is 1.18. The number of carbonyl (C=O) groups is 1. The number of nitrogens with zero attached hydrogens (tertiary/aromatic N) is 3. The van der Waals surface area contributed by atoms with Crippen molar-refractivity contribution in [3.05, 3.63) is 66.1 Å². The molecule has 1 fully saturated rings. The van der Waals surface area contributed by atoms with Gasteiger partial charge in [0.05, 0.1) is 5.92 Å². The highest BCUT2D eigenvalue weighted by Gasteiger charge is 2.28. The second-order valence-corrected chi connectivity index (χ2v) is 6.94. The van der Waals surface area contributed by atoms with Crippen molar-refractivity contribution in [2.45, 2.75) is 25.3 Å². The Balaban J connectivity index is 0.00000240. The number of urea groups is 1. The summed E-state index contributed by atoms with van der Waals surface area (Å²) >= 11 is 0. The van der Waals surface area contributed by atoms with E-state index >= 15 is 0 Å². The van der Waals surface area contributed by atoms with Crippen molar-refractivity contribution in [1.29, 1.82) is 0 Å². The highest BCUT2D eigenvalue weighted by Crippen LogP contribution is 2.28. The van der Waals surface area contributed by atoms with Gasteiger partial charge in [0, 0.05) is 30.9 Å². The molecule has 2 aromatic carbocycles. The van der Waals surface area contributed by atoms with Crippen molar-refractivity contribution in [3.8, 4) is 11.4 Å². The zero-order valence-electron chi connectivity index (χ0n) is 16.0. The second-order valence-electron chi connectivity index (χ2n) is 6.94. The van der Waals surface area contributed by atoms with Crippen LogP contribution in [-0.2, 0) is 6.54 Å². The molecule has 3 aromatic rings. The van der Waals surface area contributed by atoms with Crippen molar-refractivity contribution in [1.82, 2.24) is 15.0 Å². The Kier molecular flexibility index (Phi) is 6.85. The Hall–Kier alpha value is -2.90. The minimum absolute atomic E-state index is 0. The number of nitrogens with two attached hydrogens (primary N) is 1. The molecule has 0 spiro atoms. The van der Waals surface area contributed by atoms with E-state index in [-0.39, 0.29) is 24.4 Å². The van der Waals surface area contributed by atoms with Gasteiger partial charge in [0.25, 0.3) is 0 Å². The van der Waals surface area contributed by atoms with Crippen LogP contribution in [0.3, 0.4) is 0 Å². The van der Waals surface area contributed by atoms with E-state index in [9.17, 15) is 4.79 Å². The monoisotopic (exact) mass is 413 g/mol. The van der Waals surface area contributed by atoms with E-state index in [1.54, 1.807) is 4.90 Å². The summed E-state index contributed by atoms with van der Waals surface area (Å²) in [5, 5.41) is 7.05. The second kappa shape index (κ2) is 9.54. The lowest BCUT2D eigenvalue weighted by Gasteiger charge is -2.31. The summed E-state index contributed by atoms with van der Waals surface area (Å²) in [5.41, 5.74) is 8.37. The van der Waals surface area contributed by atoms with E-state index < -0.39 is 0 Å². The van der Waals surface area contributed by atoms with Crippen LogP contribution in [0.4, 0.5) is 10.5 Å². The number of para-hydroxylation sites is 1. The largest absolute Gasteiger partial charge is 0.339 e. The minimum Gasteiger partial charge on any atom is -0.339 e. The van der Waals surface area contributed by atoms with Gasteiger partial charge in [-0.1, -0.05) is 47.6 Å². The molecular formula is C21H24ClN5O2. The molecule has 1 atom stereocenters. The molecule has 1 unspecified atom stereocenters. The molecule has 8 heteroatoms. The molecule has 29 heavy (non-hydrogen) atoms. The Morgan fingerprint density at radius 2 is 1.93 bits per heavy atom. The molecule has 1 aromatic heterocycles. The Bertz CT molecular complexity index is 930. The number of carbonyl (C=O) groups excluding carboxylic acids is 1. The van der Waals surface area contributed by atoms with Crippen LogP contribution in [-0.4, -0.2) is 34.2 Å². The summed E-state index contributed by atoms with van der Waals surface area (Å²) < 4.78 is 5.52. The van der Waals surface area contributed by atoms with Crippen molar-refractivity contribution in [3.63, 3.8) is 0 Å². The number of hydrogen-bond donors (Lipinski definition) is 2. The van der Waals surface area contributed by atoms with Crippen LogP contribution in [0.25, 0.3) is 11.4 Å². The fourth-order valence-electron chi connectivity index (χ4n) is 3.40. The van der Waals surface area contributed by atoms with Crippen LogP contribution in [0.1, 0.15) is 30.2 Å². The molecular weight excluding hydrogens is 390 g/mol.